The Morgan fingerprint density at radius 1 is 0.500 bits per heavy atom. The Bertz CT molecular complexity index is 2200. The number of aliphatic hydroxyl groups is 1. The summed E-state index contributed by atoms with van der Waals surface area (Å²) in [5, 5.41) is 13.9. The minimum Gasteiger partial charge on any atom is -0.461 e. The molecule has 0 aromatic carbocycles. The lowest BCUT2D eigenvalue weighted by molar-refractivity contribution is -0.293. The molecule has 88 heavy (non-hydrogen) atoms. The molecule has 1 heterocycles. The molecule has 28 heteroatoms. The van der Waals surface area contributed by atoms with Gasteiger partial charge in [-0.25, -0.2) is 21.5 Å². The van der Waals surface area contributed by atoms with Crippen LogP contribution in [0.5, 0.6) is 0 Å². The largest absolute Gasteiger partial charge is 0.461 e. The van der Waals surface area contributed by atoms with Gasteiger partial charge >= 0.3 is 47.6 Å². The van der Waals surface area contributed by atoms with E-state index in [1.807, 2.05) is 5.32 Å². The predicted molar refractivity (Wildman–Crippen MR) is 336 cm³/mol. The molecule has 0 saturated carbocycles. The zero-order chi connectivity index (χ0) is 65.6. The van der Waals surface area contributed by atoms with E-state index in [2.05, 4.69) is 30.6 Å². The first kappa shape index (κ1) is 84.3. The van der Waals surface area contributed by atoms with Crippen LogP contribution in [0.1, 0.15) is 291 Å². The zero-order valence-electron chi connectivity index (χ0n) is 53.8. The van der Waals surface area contributed by atoms with E-state index in [1.54, 1.807) is 6.92 Å². The highest BCUT2D eigenvalue weighted by atomic mass is 32.3. The average Bonchev–Trinajstić information content (AvgIpc) is 2.50. The Labute approximate surface area is 530 Å². The van der Waals surface area contributed by atoms with Gasteiger partial charge < -0.3 is 29.4 Å². The number of carbonyl (C=O) groups is 2. The van der Waals surface area contributed by atoms with Gasteiger partial charge in [0.2, 0.25) is 5.91 Å². The molecule has 1 fully saturated rings. The van der Waals surface area contributed by atoms with Crippen molar-refractivity contribution in [2.45, 2.75) is 327 Å². The van der Waals surface area contributed by atoms with E-state index >= 15 is 0 Å². The third-order valence-corrected chi connectivity index (χ3v) is 17.7. The summed E-state index contributed by atoms with van der Waals surface area (Å²) in [6, 6.07) is -2.27. The Morgan fingerprint density at radius 2 is 0.830 bits per heavy atom. The smallest absolute Gasteiger partial charge is 0.397 e. The van der Waals surface area contributed by atoms with Crippen LogP contribution in [0.3, 0.4) is 0 Å². The number of unbranched alkanes of at least 4 members (excludes halogenated alkanes) is 38. The van der Waals surface area contributed by atoms with Crippen molar-refractivity contribution >= 4 is 53.5 Å². The standard InChI is InChI=1S/C60H117NO23S4/c1-5-7-9-11-13-15-17-19-21-23-25-27-29-31-33-35-37-39-41-43-45-77-49-59(4,50-78-46-44-42-40-38-36-34-32-30-28-26-24-22-20-18-16-14-12-10-8-6-2)51-79-58(63)60(64)47-53(82-86(68,69)70)55(61-52(3)62)57(81-60)56(84-88(74,75)76)54(83-87(71,72)73)48-80-85(65,66)67/h53-57,64H,5-51H2,1-4H3,(H,61,62)(H,65,66,67)(H,68,69,70)(H,71,72,73)(H,74,75,76)/t53-,54+,55+,56+,57+,60+/m0/s1. The fourth-order valence-corrected chi connectivity index (χ4v) is 12.8. The molecule has 0 radical (unpaired) electrons. The Balaban J connectivity index is 3.00. The average molecular weight is 1350 g/mol. The van der Waals surface area contributed by atoms with Crippen LogP contribution >= 0.6 is 0 Å². The lowest BCUT2D eigenvalue weighted by atomic mass is 9.88. The van der Waals surface area contributed by atoms with Gasteiger partial charge in [0.15, 0.2) is 0 Å². The molecule has 0 bridgehead atoms. The second-order valence-electron chi connectivity index (χ2n) is 24.5. The van der Waals surface area contributed by atoms with E-state index in [1.165, 1.54) is 193 Å². The quantitative estimate of drug-likeness (QED) is 0.0187. The number of esters is 1. The lowest BCUT2D eigenvalue weighted by Crippen LogP contribution is -2.69. The van der Waals surface area contributed by atoms with Crippen molar-refractivity contribution < 1.29 is 102 Å². The second kappa shape index (κ2) is 48.9. The number of ether oxygens (including phenoxy) is 4. The third kappa shape index (κ3) is 47.2. The SMILES string of the molecule is CCCCCCCCCCCCCCCCCCCCCCOCC(C)(COCCCCCCCCCCCCCCCCCCCCCC)COC(=O)[C@@]1(O)C[C@H](OS(=O)(=O)O)[C@@H](NC(C)=O)[C@H]([C@H](OS(=O)(=O)O)[C@@H](COS(=O)(=O)O)OS(=O)(=O)O)O1. The minimum absolute atomic E-state index is 0.0354. The van der Waals surface area contributed by atoms with Crippen LogP contribution in [0, 0.1) is 5.41 Å². The molecular formula is C60H117NO23S4. The summed E-state index contributed by atoms with van der Waals surface area (Å²) >= 11 is 0. The van der Waals surface area contributed by atoms with E-state index in [4.69, 9.17) is 18.9 Å². The van der Waals surface area contributed by atoms with Crippen LogP contribution in [-0.2, 0) is 86.9 Å². The molecule has 6 N–H and O–H groups in total. The summed E-state index contributed by atoms with van der Waals surface area (Å²) in [5.74, 6) is -6.39. The van der Waals surface area contributed by atoms with Crippen LogP contribution < -0.4 is 5.32 Å². The normalized spacial score (nSPS) is 18.6. The Kier molecular flexibility index (Phi) is 46.8. The van der Waals surface area contributed by atoms with Gasteiger partial charge in [0.25, 0.3) is 5.79 Å². The summed E-state index contributed by atoms with van der Waals surface area (Å²) < 4.78 is 175. The van der Waals surface area contributed by atoms with Crippen LogP contribution in [0.15, 0.2) is 0 Å². The van der Waals surface area contributed by atoms with E-state index in [-0.39, 0.29) is 13.2 Å². The summed E-state index contributed by atoms with van der Waals surface area (Å²) in [6.07, 6.45) is 37.0. The number of nitrogens with one attached hydrogen (secondary N) is 1. The molecule has 0 aromatic heterocycles. The molecular weight excluding hydrogens is 1230 g/mol. The molecule has 0 aliphatic carbocycles. The predicted octanol–water partition coefficient (Wildman–Crippen LogP) is 12.6. The molecule has 0 spiro atoms. The van der Waals surface area contributed by atoms with Crippen LogP contribution in [-0.4, -0.2) is 145 Å². The van der Waals surface area contributed by atoms with Crippen molar-refractivity contribution in [3.63, 3.8) is 0 Å². The fourth-order valence-electron chi connectivity index (χ4n) is 11.0. The number of carbonyl (C=O) groups excluding carboxylic acids is 2. The monoisotopic (exact) mass is 1350 g/mol. The van der Waals surface area contributed by atoms with Gasteiger partial charge in [-0.05, 0) is 12.8 Å². The Hall–Kier alpha value is -1.74. The van der Waals surface area contributed by atoms with Crippen LogP contribution in [0.2, 0.25) is 0 Å². The topological polar surface area (TPSA) is 358 Å². The first-order valence-electron chi connectivity index (χ1n) is 33.2. The number of hydrogen-bond acceptors (Lipinski definition) is 19. The highest BCUT2D eigenvalue weighted by Gasteiger charge is 2.58. The maximum Gasteiger partial charge on any atom is 0.397 e. The highest BCUT2D eigenvalue weighted by molar-refractivity contribution is 7.81. The van der Waals surface area contributed by atoms with E-state index < -0.39 is 115 Å². The van der Waals surface area contributed by atoms with Crippen molar-refractivity contribution in [1.82, 2.24) is 5.32 Å². The molecule has 24 nitrogen and oxygen atoms in total. The van der Waals surface area contributed by atoms with Gasteiger partial charge in [0.05, 0.1) is 25.9 Å². The summed E-state index contributed by atoms with van der Waals surface area (Å²) in [4.78, 5) is 26.6. The number of rotatable bonds is 61. The van der Waals surface area contributed by atoms with E-state index in [0.717, 1.165) is 71.1 Å². The minimum atomic E-state index is -5.93. The van der Waals surface area contributed by atoms with Crippen molar-refractivity contribution in [1.29, 1.82) is 0 Å². The number of amides is 1. The third-order valence-electron chi connectivity index (χ3n) is 15.8. The second-order valence-corrected chi connectivity index (χ2v) is 28.8. The van der Waals surface area contributed by atoms with Gasteiger partial charge in [-0.15, -0.1) is 0 Å². The van der Waals surface area contributed by atoms with Crippen molar-refractivity contribution in [3.05, 3.63) is 0 Å². The van der Waals surface area contributed by atoms with Gasteiger partial charge in [-0.1, -0.05) is 265 Å². The maximum absolute atomic E-state index is 14.1. The van der Waals surface area contributed by atoms with Crippen molar-refractivity contribution in [2.24, 2.45) is 5.41 Å². The zero-order valence-corrected chi connectivity index (χ0v) is 57.1. The van der Waals surface area contributed by atoms with Gasteiger partial charge in [-0.2, -0.15) is 33.7 Å². The van der Waals surface area contributed by atoms with E-state index in [0.29, 0.717) is 13.2 Å². The summed E-state index contributed by atoms with van der Waals surface area (Å²) in [7, 11) is -23.0. The molecule has 1 rings (SSSR count). The van der Waals surface area contributed by atoms with Gasteiger partial charge in [-0.3, -0.25) is 23.0 Å². The highest BCUT2D eigenvalue weighted by Crippen LogP contribution is 2.36. The molecule has 6 atom stereocenters. The summed E-state index contributed by atoms with van der Waals surface area (Å²) in [6.45, 7) is 5.19. The molecule has 1 aliphatic rings. The Morgan fingerprint density at radius 3 is 1.12 bits per heavy atom. The van der Waals surface area contributed by atoms with Crippen molar-refractivity contribution in [3.8, 4) is 0 Å². The lowest BCUT2D eigenvalue weighted by Gasteiger charge is -2.46. The van der Waals surface area contributed by atoms with Crippen molar-refractivity contribution in [2.75, 3.05) is 39.6 Å². The molecule has 0 aromatic rings. The maximum atomic E-state index is 14.1. The van der Waals surface area contributed by atoms with Crippen LogP contribution in [0.4, 0.5) is 0 Å². The molecule has 524 valence electrons. The van der Waals surface area contributed by atoms with Gasteiger partial charge in [0, 0.05) is 32.0 Å². The fraction of sp³-hybridized carbons (Fsp3) is 0.967. The first-order chi connectivity index (χ1) is 41.6. The molecule has 1 saturated heterocycles. The number of hydrogen-bond donors (Lipinski definition) is 6. The molecule has 1 amide bonds. The summed E-state index contributed by atoms with van der Waals surface area (Å²) in [5.41, 5.74) is -1.14. The van der Waals surface area contributed by atoms with Gasteiger partial charge in [0.1, 0.15) is 31.0 Å². The first-order valence-corrected chi connectivity index (χ1v) is 38.7. The molecule has 0 unspecified atom stereocenters. The van der Waals surface area contributed by atoms with Crippen LogP contribution in [0.25, 0.3) is 0 Å². The van der Waals surface area contributed by atoms with E-state index in [9.17, 15) is 66.6 Å². The molecule has 1 aliphatic heterocycles.